The third-order valence-corrected chi connectivity index (χ3v) is 3.83. The normalized spacial score (nSPS) is 22.2. The van der Waals surface area contributed by atoms with Gasteiger partial charge in [0, 0.05) is 18.3 Å². The molecule has 2 amide bonds. The van der Waals surface area contributed by atoms with Gasteiger partial charge in [-0.3, -0.25) is 14.4 Å². The molecule has 0 spiro atoms. The number of aliphatic carboxylic acids is 1. The molecule has 0 saturated heterocycles. The number of carboxylic acids is 1. The molecule has 1 fully saturated rings. The molecule has 3 N–H and O–H groups in total. The fourth-order valence-electron chi connectivity index (χ4n) is 2.69. The Morgan fingerprint density at radius 3 is 2.14 bits per heavy atom. The molecule has 0 aliphatic heterocycles. The van der Waals surface area contributed by atoms with Crippen LogP contribution in [0, 0.1) is 17.3 Å². The van der Waals surface area contributed by atoms with Crippen LogP contribution in [0.4, 0.5) is 11.4 Å². The van der Waals surface area contributed by atoms with Crippen LogP contribution in [0.5, 0.6) is 0 Å². The Hall–Kier alpha value is -2.37. The second kappa shape index (κ2) is 5.20. The molecule has 1 aliphatic carbocycles. The highest BCUT2D eigenvalue weighted by Crippen LogP contribution is 2.58. The Labute approximate surface area is 122 Å². The van der Waals surface area contributed by atoms with Crippen LogP contribution in [0.25, 0.3) is 0 Å². The number of amides is 2. The second-order valence-corrected chi connectivity index (χ2v) is 5.87. The van der Waals surface area contributed by atoms with E-state index in [1.807, 2.05) is 0 Å². The van der Waals surface area contributed by atoms with Gasteiger partial charge in [-0.05, 0) is 23.6 Å². The lowest BCUT2D eigenvalue weighted by atomic mass is 10.1. The summed E-state index contributed by atoms with van der Waals surface area (Å²) in [5.41, 5.74) is 0.564. The van der Waals surface area contributed by atoms with Gasteiger partial charge in [0.15, 0.2) is 0 Å². The third-order valence-electron chi connectivity index (χ3n) is 3.83. The summed E-state index contributed by atoms with van der Waals surface area (Å²) in [7, 11) is 0. The predicted octanol–water partition coefficient (Wildman–Crippen LogP) is 1.94. The van der Waals surface area contributed by atoms with E-state index in [4.69, 9.17) is 5.11 Å². The van der Waals surface area contributed by atoms with Gasteiger partial charge in [-0.25, -0.2) is 0 Å². The number of anilines is 2. The zero-order chi connectivity index (χ0) is 15.8. The van der Waals surface area contributed by atoms with E-state index in [-0.39, 0.29) is 11.8 Å². The monoisotopic (exact) mass is 290 g/mol. The van der Waals surface area contributed by atoms with Crippen molar-refractivity contribution in [2.45, 2.75) is 20.8 Å². The van der Waals surface area contributed by atoms with E-state index in [2.05, 4.69) is 10.6 Å². The second-order valence-electron chi connectivity index (χ2n) is 5.87. The van der Waals surface area contributed by atoms with Gasteiger partial charge in [-0.15, -0.1) is 0 Å². The summed E-state index contributed by atoms with van der Waals surface area (Å²) < 4.78 is 0. The fourth-order valence-corrected chi connectivity index (χ4v) is 2.69. The van der Waals surface area contributed by atoms with Crippen LogP contribution in [-0.4, -0.2) is 22.9 Å². The molecular weight excluding hydrogens is 272 g/mol. The van der Waals surface area contributed by atoms with Gasteiger partial charge in [0.05, 0.1) is 11.8 Å². The van der Waals surface area contributed by atoms with Crippen molar-refractivity contribution in [2.24, 2.45) is 17.3 Å². The first kappa shape index (κ1) is 15.0. The highest BCUT2D eigenvalue weighted by atomic mass is 16.4. The Morgan fingerprint density at radius 2 is 1.67 bits per heavy atom. The van der Waals surface area contributed by atoms with E-state index in [1.165, 1.54) is 6.92 Å². The summed E-state index contributed by atoms with van der Waals surface area (Å²) in [6.07, 6.45) is 0. The lowest BCUT2D eigenvalue weighted by Gasteiger charge is -2.08. The van der Waals surface area contributed by atoms with Crippen molar-refractivity contribution in [2.75, 3.05) is 10.6 Å². The van der Waals surface area contributed by atoms with Gasteiger partial charge in [-0.2, -0.15) is 0 Å². The summed E-state index contributed by atoms with van der Waals surface area (Å²) in [5, 5.41) is 14.4. The fraction of sp³-hybridized carbons (Fsp3) is 0.400. The molecule has 0 heterocycles. The van der Waals surface area contributed by atoms with Crippen molar-refractivity contribution in [3.8, 4) is 0 Å². The molecule has 2 rings (SSSR count). The van der Waals surface area contributed by atoms with Crippen molar-refractivity contribution in [1.82, 2.24) is 0 Å². The maximum atomic E-state index is 12.2. The number of nitrogens with one attached hydrogen (secondary N) is 2. The molecule has 1 saturated carbocycles. The first-order chi connectivity index (χ1) is 9.73. The molecule has 0 bridgehead atoms. The van der Waals surface area contributed by atoms with E-state index in [0.29, 0.717) is 11.4 Å². The van der Waals surface area contributed by atoms with Crippen LogP contribution in [0.2, 0.25) is 0 Å². The van der Waals surface area contributed by atoms with Crippen LogP contribution in [0.1, 0.15) is 20.8 Å². The maximum Gasteiger partial charge on any atom is 0.307 e. The van der Waals surface area contributed by atoms with E-state index < -0.39 is 23.2 Å². The van der Waals surface area contributed by atoms with Crippen LogP contribution >= 0.6 is 0 Å². The van der Waals surface area contributed by atoms with Crippen LogP contribution in [0.15, 0.2) is 24.3 Å². The number of benzene rings is 1. The number of hydrogen-bond donors (Lipinski definition) is 3. The standard InChI is InChI=1S/C15H18N2O4/c1-8(18)16-9-5-4-6-10(7-9)17-13(19)11-12(14(20)21)15(11,2)3/h4-7,11-12H,1-3H3,(H,16,18)(H,17,19)(H,20,21)/t11-,12+/m1/s1. The summed E-state index contributed by atoms with van der Waals surface area (Å²) in [6, 6.07) is 6.73. The molecule has 6 nitrogen and oxygen atoms in total. The molecule has 6 heteroatoms. The van der Waals surface area contributed by atoms with Gasteiger partial charge in [0.2, 0.25) is 11.8 Å². The lowest BCUT2D eigenvalue weighted by Crippen LogP contribution is -2.18. The number of carbonyl (C=O) groups is 3. The summed E-state index contributed by atoms with van der Waals surface area (Å²) in [6.45, 7) is 4.93. The van der Waals surface area contributed by atoms with Crippen molar-refractivity contribution in [3.63, 3.8) is 0 Å². The smallest absolute Gasteiger partial charge is 0.307 e. The molecule has 1 aromatic carbocycles. The van der Waals surface area contributed by atoms with Crippen LogP contribution in [0.3, 0.4) is 0 Å². The van der Waals surface area contributed by atoms with Gasteiger partial charge < -0.3 is 15.7 Å². The van der Waals surface area contributed by atoms with Crippen LogP contribution < -0.4 is 10.6 Å². The molecule has 1 aromatic rings. The zero-order valence-corrected chi connectivity index (χ0v) is 12.1. The molecule has 21 heavy (non-hydrogen) atoms. The van der Waals surface area contributed by atoms with E-state index in [1.54, 1.807) is 38.1 Å². The SMILES string of the molecule is CC(=O)Nc1cccc(NC(=O)[C@H]2[C@@H](C(=O)O)C2(C)C)c1. The Bertz CT molecular complexity index is 609. The zero-order valence-electron chi connectivity index (χ0n) is 12.1. The van der Waals surface area contributed by atoms with Gasteiger partial charge in [0.1, 0.15) is 0 Å². The van der Waals surface area contributed by atoms with Crippen molar-refractivity contribution in [1.29, 1.82) is 0 Å². The number of carboxylic acid groups (broad SMARTS) is 1. The number of hydrogen-bond acceptors (Lipinski definition) is 3. The van der Waals surface area contributed by atoms with Crippen molar-refractivity contribution >= 4 is 29.2 Å². The molecular formula is C15H18N2O4. The number of carbonyl (C=O) groups excluding carboxylic acids is 2. The number of rotatable bonds is 4. The Morgan fingerprint density at radius 1 is 1.10 bits per heavy atom. The summed E-state index contributed by atoms with van der Waals surface area (Å²) in [5.74, 6) is -2.66. The summed E-state index contributed by atoms with van der Waals surface area (Å²) in [4.78, 5) is 34.3. The highest BCUT2D eigenvalue weighted by Gasteiger charge is 2.65. The van der Waals surface area contributed by atoms with Gasteiger partial charge in [0.25, 0.3) is 0 Å². The Balaban J connectivity index is 2.07. The minimum atomic E-state index is -0.952. The molecule has 112 valence electrons. The third kappa shape index (κ3) is 3.04. The van der Waals surface area contributed by atoms with E-state index >= 15 is 0 Å². The minimum absolute atomic E-state index is 0.201. The molecule has 0 radical (unpaired) electrons. The highest BCUT2D eigenvalue weighted by molar-refractivity contribution is 6.00. The quantitative estimate of drug-likeness (QED) is 0.789. The molecule has 1 aliphatic rings. The average Bonchev–Trinajstić information content (AvgIpc) is 2.92. The minimum Gasteiger partial charge on any atom is -0.481 e. The first-order valence-corrected chi connectivity index (χ1v) is 6.65. The van der Waals surface area contributed by atoms with E-state index in [0.717, 1.165) is 0 Å². The topological polar surface area (TPSA) is 95.5 Å². The maximum absolute atomic E-state index is 12.2. The largest absolute Gasteiger partial charge is 0.481 e. The lowest BCUT2D eigenvalue weighted by molar-refractivity contribution is -0.140. The predicted molar refractivity (Wildman–Crippen MR) is 77.8 cm³/mol. The van der Waals surface area contributed by atoms with Crippen molar-refractivity contribution < 1.29 is 19.5 Å². The molecule has 0 aromatic heterocycles. The average molecular weight is 290 g/mol. The van der Waals surface area contributed by atoms with Crippen molar-refractivity contribution in [3.05, 3.63) is 24.3 Å². The molecule has 0 unspecified atom stereocenters. The van der Waals surface area contributed by atoms with Gasteiger partial charge >= 0.3 is 5.97 Å². The van der Waals surface area contributed by atoms with E-state index in [9.17, 15) is 14.4 Å². The molecule has 2 atom stereocenters. The summed E-state index contributed by atoms with van der Waals surface area (Å²) >= 11 is 0. The first-order valence-electron chi connectivity index (χ1n) is 6.65. The Kier molecular flexibility index (Phi) is 3.72. The van der Waals surface area contributed by atoms with Crippen LogP contribution in [-0.2, 0) is 14.4 Å². The van der Waals surface area contributed by atoms with Gasteiger partial charge in [-0.1, -0.05) is 19.9 Å².